The number of rotatable bonds is 2. The monoisotopic (exact) mass is 320 g/mol. The van der Waals surface area contributed by atoms with Crippen molar-refractivity contribution in [2.75, 3.05) is 25.0 Å². The summed E-state index contributed by atoms with van der Waals surface area (Å²) in [4.78, 5) is 36.8. The van der Waals surface area contributed by atoms with E-state index >= 15 is 0 Å². The summed E-state index contributed by atoms with van der Waals surface area (Å²) >= 11 is 0. The minimum atomic E-state index is -1.10. The van der Waals surface area contributed by atoms with Gasteiger partial charge in [-0.1, -0.05) is 6.07 Å². The number of ether oxygens (including phenoxy) is 2. The normalized spacial score (nSPS) is 23.5. The van der Waals surface area contributed by atoms with Gasteiger partial charge in [0, 0.05) is 6.54 Å². The summed E-state index contributed by atoms with van der Waals surface area (Å²) in [5.74, 6) is -1.42. The van der Waals surface area contributed by atoms with Gasteiger partial charge in [-0.15, -0.1) is 0 Å². The number of carboxylic acid groups (broad SMARTS) is 1. The first-order valence-electron chi connectivity index (χ1n) is 7.21. The van der Waals surface area contributed by atoms with Crippen LogP contribution in [0.5, 0.6) is 5.75 Å². The molecule has 2 N–H and O–H groups in total. The molecule has 2 aliphatic heterocycles. The largest absolute Gasteiger partial charge is 0.479 e. The Balaban J connectivity index is 1.87. The molecular formula is C15H16N2O6. The Bertz CT molecular complexity index is 674. The summed E-state index contributed by atoms with van der Waals surface area (Å²) in [5, 5.41) is 11.7. The van der Waals surface area contributed by atoms with Crippen molar-refractivity contribution in [2.24, 2.45) is 0 Å². The van der Waals surface area contributed by atoms with Crippen LogP contribution in [0.4, 0.5) is 5.69 Å². The van der Waals surface area contributed by atoms with Gasteiger partial charge >= 0.3 is 5.97 Å². The highest BCUT2D eigenvalue weighted by atomic mass is 16.5. The maximum absolute atomic E-state index is 12.7. The molecule has 1 saturated heterocycles. The van der Waals surface area contributed by atoms with Gasteiger partial charge in [0.1, 0.15) is 0 Å². The summed E-state index contributed by atoms with van der Waals surface area (Å²) in [6.45, 7) is 2.02. The molecule has 122 valence electrons. The molecule has 2 atom stereocenters. The molecule has 0 radical (unpaired) electrons. The number of morpholine rings is 1. The first-order chi connectivity index (χ1) is 11.0. The Morgan fingerprint density at radius 2 is 2.17 bits per heavy atom. The van der Waals surface area contributed by atoms with Crippen LogP contribution in [0.1, 0.15) is 17.3 Å². The van der Waals surface area contributed by atoms with E-state index in [2.05, 4.69) is 5.32 Å². The molecule has 3 rings (SSSR count). The van der Waals surface area contributed by atoms with Gasteiger partial charge in [-0.05, 0) is 19.1 Å². The van der Waals surface area contributed by atoms with E-state index in [1.807, 2.05) is 0 Å². The fourth-order valence-electron chi connectivity index (χ4n) is 2.55. The van der Waals surface area contributed by atoms with Crippen molar-refractivity contribution in [2.45, 2.75) is 19.1 Å². The molecule has 1 aromatic carbocycles. The van der Waals surface area contributed by atoms with Crippen molar-refractivity contribution in [3.63, 3.8) is 0 Å². The Hall–Kier alpha value is -2.61. The van der Waals surface area contributed by atoms with Gasteiger partial charge in [-0.2, -0.15) is 0 Å². The van der Waals surface area contributed by atoms with Crippen molar-refractivity contribution in [3.8, 4) is 5.75 Å². The fourth-order valence-corrected chi connectivity index (χ4v) is 2.55. The van der Waals surface area contributed by atoms with E-state index in [0.29, 0.717) is 23.5 Å². The number of hydrogen-bond donors (Lipinski definition) is 2. The molecule has 0 bridgehead atoms. The number of fused-ring (bicyclic) bond motifs is 1. The Morgan fingerprint density at radius 1 is 1.39 bits per heavy atom. The van der Waals surface area contributed by atoms with Gasteiger partial charge in [0.05, 0.1) is 24.4 Å². The van der Waals surface area contributed by atoms with Crippen molar-refractivity contribution >= 4 is 23.5 Å². The predicted molar refractivity (Wildman–Crippen MR) is 78.4 cm³/mol. The van der Waals surface area contributed by atoms with E-state index in [4.69, 9.17) is 14.6 Å². The number of hydrogen-bond acceptors (Lipinski definition) is 5. The number of para-hydroxylation sites is 1. The number of nitrogens with zero attached hydrogens (tertiary/aromatic N) is 1. The summed E-state index contributed by atoms with van der Waals surface area (Å²) in [6.07, 6.45) is -1.74. The van der Waals surface area contributed by atoms with E-state index in [1.165, 1.54) is 4.90 Å². The number of anilines is 1. The summed E-state index contributed by atoms with van der Waals surface area (Å²) < 4.78 is 10.7. The van der Waals surface area contributed by atoms with E-state index in [0.717, 1.165) is 0 Å². The smallest absolute Gasteiger partial charge is 0.334 e. The van der Waals surface area contributed by atoms with Crippen LogP contribution in [0.15, 0.2) is 18.2 Å². The minimum absolute atomic E-state index is 0.0280. The van der Waals surface area contributed by atoms with Gasteiger partial charge in [-0.3, -0.25) is 9.59 Å². The minimum Gasteiger partial charge on any atom is -0.479 e. The Labute approximate surface area is 132 Å². The first kappa shape index (κ1) is 15.3. The van der Waals surface area contributed by atoms with Gasteiger partial charge in [-0.25, -0.2) is 4.79 Å². The van der Waals surface area contributed by atoms with Crippen LogP contribution in [0, 0.1) is 0 Å². The third kappa shape index (κ3) is 2.85. The molecule has 0 aliphatic carbocycles. The SMILES string of the molecule is C[C@H]1Oc2c(cccc2C(=O)N2CCO[C@@H](C(=O)O)C2)NC1=O. The zero-order chi connectivity index (χ0) is 16.6. The fraction of sp³-hybridized carbons (Fsp3) is 0.400. The van der Waals surface area contributed by atoms with E-state index < -0.39 is 18.2 Å². The highest BCUT2D eigenvalue weighted by Crippen LogP contribution is 2.34. The van der Waals surface area contributed by atoms with Gasteiger partial charge in [0.25, 0.3) is 11.8 Å². The van der Waals surface area contributed by atoms with Gasteiger partial charge in [0.15, 0.2) is 18.0 Å². The van der Waals surface area contributed by atoms with Crippen LogP contribution in [0.2, 0.25) is 0 Å². The van der Waals surface area contributed by atoms with E-state index in [-0.39, 0.29) is 25.0 Å². The topological polar surface area (TPSA) is 105 Å². The zero-order valence-electron chi connectivity index (χ0n) is 12.4. The lowest BCUT2D eigenvalue weighted by atomic mass is 10.1. The molecule has 0 saturated carbocycles. The molecule has 2 amide bonds. The standard InChI is InChI=1S/C15H16N2O6/c1-8-13(18)16-10-4-2-3-9(12(10)23-8)14(19)17-5-6-22-11(7-17)15(20)21/h2-4,8,11H,5-7H2,1H3,(H,16,18)(H,20,21)/t8-,11-/m1/s1. The van der Waals surface area contributed by atoms with Crippen molar-refractivity contribution < 1.29 is 29.0 Å². The maximum Gasteiger partial charge on any atom is 0.334 e. The molecule has 0 unspecified atom stereocenters. The molecule has 2 heterocycles. The molecule has 1 aromatic rings. The molecular weight excluding hydrogens is 304 g/mol. The van der Waals surface area contributed by atoms with Crippen LogP contribution >= 0.6 is 0 Å². The number of carboxylic acids is 1. The Kier molecular flexibility index (Phi) is 3.91. The highest BCUT2D eigenvalue weighted by Gasteiger charge is 2.33. The predicted octanol–water partition coefficient (Wildman–Crippen LogP) is 0.332. The number of benzene rings is 1. The second-order valence-corrected chi connectivity index (χ2v) is 5.38. The van der Waals surface area contributed by atoms with Crippen LogP contribution in [-0.2, 0) is 14.3 Å². The molecule has 0 aromatic heterocycles. The van der Waals surface area contributed by atoms with Crippen molar-refractivity contribution in [3.05, 3.63) is 23.8 Å². The van der Waals surface area contributed by atoms with Crippen LogP contribution < -0.4 is 10.1 Å². The summed E-state index contributed by atoms with van der Waals surface area (Å²) in [7, 11) is 0. The maximum atomic E-state index is 12.7. The third-order valence-electron chi connectivity index (χ3n) is 3.80. The molecule has 23 heavy (non-hydrogen) atoms. The number of aliphatic carboxylic acids is 1. The van der Waals surface area contributed by atoms with Crippen LogP contribution in [0.3, 0.4) is 0 Å². The van der Waals surface area contributed by atoms with Gasteiger partial charge < -0.3 is 24.8 Å². The number of amides is 2. The number of carbonyl (C=O) groups excluding carboxylic acids is 2. The second-order valence-electron chi connectivity index (χ2n) is 5.38. The lowest BCUT2D eigenvalue weighted by Crippen LogP contribution is -2.48. The first-order valence-corrected chi connectivity index (χ1v) is 7.21. The van der Waals surface area contributed by atoms with Crippen molar-refractivity contribution in [1.29, 1.82) is 0 Å². The van der Waals surface area contributed by atoms with E-state index in [1.54, 1.807) is 25.1 Å². The number of nitrogens with one attached hydrogen (secondary N) is 1. The second kappa shape index (κ2) is 5.88. The highest BCUT2D eigenvalue weighted by molar-refractivity contribution is 6.04. The summed E-state index contributed by atoms with van der Waals surface area (Å²) in [6, 6.07) is 4.88. The quantitative estimate of drug-likeness (QED) is 0.814. The average molecular weight is 320 g/mol. The molecule has 8 nitrogen and oxygen atoms in total. The van der Waals surface area contributed by atoms with Crippen LogP contribution in [0.25, 0.3) is 0 Å². The lowest BCUT2D eigenvalue weighted by molar-refractivity contribution is -0.154. The number of carbonyl (C=O) groups is 3. The van der Waals surface area contributed by atoms with E-state index in [9.17, 15) is 14.4 Å². The third-order valence-corrected chi connectivity index (χ3v) is 3.80. The van der Waals surface area contributed by atoms with Crippen molar-refractivity contribution in [1.82, 2.24) is 4.90 Å². The lowest BCUT2D eigenvalue weighted by Gasteiger charge is -2.32. The Morgan fingerprint density at radius 3 is 2.91 bits per heavy atom. The average Bonchev–Trinajstić information content (AvgIpc) is 2.55. The molecule has 8 heteroatoms. The van der Waals surface area contributed by atoms with Gasteiger partial charge in [0.2, 0.25) is 0 Å². The zero-order valence-corrected chi connectivity index (χ0v) is 12.4. The van der Waals surface area contributed by atoms with Crippen LogP contribution in [-0.4, -0.2) is 59.7 Å². The molecule has 0 spiro atoms. The molecule has 1 fully saturated rings. The summed E-state index contributed by atoms with van der Waals surface area (Å²) in [5.41, 5.74) is 0.724. The molecule has 2 aliphatic rings.